The van der Waals surface area contributed by atoms with Crippen molar-refractivity contribution in [2.24, 2.45) is 0 Å². The second-order valence-corrected chi connectivity index (χ2v) is 12.6. The van der Waals surface area contributed by atoms with Crippen molar-refractivity contribution in [3.63, 3.8) is 0 Å². The van der Waals surface area contributed by atoms with Crippen molar-refractivity contribution in [2.45, 2.75) is 40.7 Å². The highest BCUT2D eigenvalue weighted by Crippen LogP contribution is 2.66. The molecule has 2 unspecified atom stereocenters. The SMILES string of the molecule is COCOC1CCS(OS(=O)(=O)C(F)(F)C(F)(F)C(F)(F)C(F)(F)F)(c2cccc3ccccc23)C1. The maximum Gasteiger partial charge on any atom is 0.460 e. The standard InChI is InChI=1S/C20H19F9O5S2/c1-32-12-33-14-9-10-35(11-14,16-8-4-6-13-5-2-3-7-15(13)16)34-36(30,31)20(28,29)18(23,24)17(21,22)19(25,26)27/h2-8,14H,9-12H2,1H3. The number of ether oxygens (including phenoxy) is 2. The molecule has 1 fully saturated rings. The zero-order valence-electron chi connectivity index (χ0n) is 18.2. The van der Waals surface area contributed by atoms with Crippen LogP contribution in [0.3, 0.4) is 0 Å². The number of hydrogen-bond donors (Lipinski definition) is 0. The number of halogens is 9. The molecule has 2 aromatic rings. The second kappa shape index (κ2) is 9.53. The molecule has 5 nitrogen and oxygen atoms in total. The van der Waals surface area contributed by atoms with Crippen LogP contribution in [0, 0.1) is 0 Å². The fourth-order valence-electron chi connectivity index (χ4n) is 3.63. The van der Waals surface area contributed by atoms with Gasteiger partial charge in [0.15, 0.2) is 0 Å². The first-order valence-electron chi connectivity index (χ1n) is 9.96. The molecule has 2 atom stereocenters. The highest BCUT2D eigenvalue weighted by atomic mass is 32.3. The van der Waals surface area contributed by atoms with E-state index in [1.54, 1.807) is 18.2 Å². The predicted molar refractivity (Wildman–Crippen MR) is 112 cm³/mol. The summed E-state index contributed by atoms with van der Waals surface area (Å²) in [6, 6.07) is 10.4. The third kappa shape index (κ3) is 4.66. The normalized spacial score (nSPS) is 24.1. The van der Waals surface area contributed by atoms with Crippen LogP contribution in [-0.2, 0) is 23.2 Å². The summed E-state index contributed by atoms with van der Waals surface area (Å²) in [6.07, 6.45) is -8.08. The van der Waals surface area contributed by atoms with Crippen molar-refractivity contribution in [2.75, 3.05) is 25.4 Å². The minimum absolute atomic E-state index is 0.00519. The number of fused-ring (bicyclic) bond motifs is 1. The van der Waals surface area contributed by atoms with E-state index >= 15 is 0 Å². The summed E-state index contributed by atoms with van der Waals surface area (Å²) in [5.74, 6) is -15.6. The van der Waals surface area contributed by atoms with Gasteiger partial charge < -0.3 is 9.47 Å². The van der Waals surface area contributed by atoms with Gasteiger partial charge in [-0.15, -0.1) is 0 Å². The Labute approximate surface area is 201 Å². The monoisotopic (exact) mass is 574 g/mol. The van der Waals surface area contributed by atoms with Crippen LogP contribution in [0.2, 0.25) is 0 Å². The molecule has 0 spiro atoms. The van der Waals surface area contributed by atoms with Crippen molar-refractivity contribution in [3.8, 4) is 0 Å². The van der Waals surface area contributed by atoms with Crippen LogP contribution in [0.1, 0.15) is 6.42 Å². The van der Waals surface area contributed by atoms with Crippen molar-refractivity contribution < 1.29 is 61.0 Å². The molecular weight excluding hydrogens is 555 g/mol. The summed E-state index contributed by atoms with van der Waals surface area (Å²) in [6.45, 7) is -0.311. The van der Waals surface area contributed by atoms with Gasteiger partial charge in [0, 0.05) is 23.5 Å². The smallest absolute Gasteiger partial charge is 0.359 e. The molecule has 0 saturated carbocycles. The molecule has 16 heteroatoms. The topological polar surface area (TPSA) is 61.8 Å². The molecule has 0 aliphatic carbocycles. The lowest BCUT2D eigenvalue weighted by Gasteiger charge is -2.39. The molecule has 0 radical (unpaired) electrons. The van der Waals surface area contributed by atoms with E-state index in [0.717, 1.165) is 0 Å². The lowest BCUT2D eigenvalue weighted by Crippen LogP contribution is -2.63. The minimum atomic E-state index is -7.39. The van der Waals surface area contributed by atoms with Gasteiger partial charge in [0.2, 0.25) is 0 Å². The van der Waals surface area contributed by atoms with E-state index in [0.29, 0.717) is 5.39 Å². The third-order valence-electron chi connectivity index (χ3n) is 5.45. The van der Waals surface area contributed by atoms with Crippen LogP contribution < -0.4 is 0 Å². The Morgan fingerprint density at radius 3 is 2.14 bits per heavy atom. The third-order valence-corrected chi connectivity index (χ3v) is 11.1. The largest absolute Gasteiger partial charge is 0.460 e. The Kier molecular flexibility index (Phi) is 7.63. The molecule has 0 N–H and O–H groups in total. The molecule has 0 amide bonds. The van der Waals surface area contributed by atoms with Crippen LogP contribution in [-0.4, -0.2) is 63.2 Å². The summed E-state index contributed by atoms with van der Waals surface area (Å²) in [4.78, 5) is -0.00519. The van der Waals surface area contributed by atoms with E-state index in [2.05, 4.69) is 3.63 Å². The average molecular weight is 574 g/mol. The van der Waals surface area contributed by atoms with Crippen molar-refractivity contribution in [1.29, 1.82) is 0 Å². The quantitative estimate of drug-likeness (QED) is 0.268. The van der Waals surface area contributed by atoms with E-state index in [1.807, 2.05) is 0 Å². The molecule has 3 rings (SSSR count). The second-order valence-electron chi connectivity index (χ2n) is 7.83. The van der Waals surface area contributed by atoms with Gasteiger partial charge in [-0.2, -0.15) is 47.9 Å². The molecule has 0 aromatic heterocycles. The lowest BCUT2D eigenvalue weighted by atomic mass is 10.1. The van der Waals surface area contributed by atoms with Crippen molar-refractivity contribution >= 4 is 31.2 Å². The van der Waals surface area contributed by atoms with Gasteiger partial charge in [0.1, 0.15) is 6.79 Å². The first kappa shape index (κ1) is 28.8. The Morgan fingerprint density at radius 1 is 0.917 bits per heavy atom. The van der Waals surface area contributed by atoms with Gasteiger partial charge in [-0.05, 0) is 23.3 Å². The average Bonchev–Trinajstić information content (AvgIpc) is 3.19. The maximum absolute atomic E-state index is 14.5. The van der Waals surface area contributed by atoms with E-state index < -0.39 is 55.6 Å². The van der Waals surface area contributed by atoms with Gasteiger partial charge >= 0.3 is 33.4 Å². The highest BCUT2D eigenvalue weighted by molar-refractivity contribution is 8.33. The Hall–Kier alpha value is -1.75. The van der Waals surface area contributed by atoms with Gasteiger partial charge in [0.05, 0.1) is 6.10 Å². The number of hydrogen-bond acceptors (Lipinski definition) is 5. The van der Waals surface area contributed by atoms with E-state index in [4.69, 9.17) is 9.47 Å². The van der Waals surface area contributed by atoms with Gasteiger partial charge in [-0.3, -0.25) is 0 Å². The van der Waals surface area contributed by atoms with Gasteiger partial charge in [0.25, 0.3) is 0 Å². The highest BCUT2D eigenvalue weighted by Gasteiger charge is 2.86. The summed E-state index contributed by atoms with van der Waals surface area (Å²) in [5.41, 5.74) is 0. The minimum Gasteiger partial charge on any atom is -0.359 e. The molecule has 2 aromatic carbocycles. The molecule has 204 valence electrons. The van der Waals surface area contributed by atoms with Crippen molar-refractivity contribution in [3.05, 3.63) is 42.5 Å². The zero-order chi connectivity index (χ0) is 27.2. The fraction of sp³-hybridized carbons (Fsp3) is 0.500. The van der Waals surface area contributed by atoms with Gasteiger partial charge in [-0.1, -0.05) is 46.7 Å². The summed E-state index contributed by atoms with van der Waals surface area (Å²) < 4.78 is 161. The maximum atomic E-state index is 14.5. The van der Waals surface area contributed by atoms with E-state index in [9.17, 15) is 47.9 Å². The molecular formula is C20H19F9O5S2. The van der Waals surface area contributed by atoms with Crippen LogP contribution in [0.4, 0.5) is 39.5 Å². The van der Waals surface area contributed by atoms with E-state index in [-0.39, 0.29) is 29.2 Å². The Bertz CT molecular complexity index is 1200. The first-order chi connectivity index (χ1) is 16.4. The number of methoxy groups -OCH3 is 1. The summed E-state index contributed by atoms with van der Waals surface area (Å²) in [5, 5.41) is -6.19. The molecule has 1 aliphatic heterocycles. The first-order valence-corrected chi connectivity index (χ1v) is 13.3. The molecule has 1 saturated heterocycles. The van der Waals surface area contributed by atoms with Crippen LogP contribution in [0.15, 0.2) is 47.4 Å². The van der Waals surface area contributed by atoms with Crippen LogP contribution in [0.25, 0.3) is 10.8 Å². The van der Waals surface area contributed by atoms with Gasteiger partial charge in [-0.25, -0.2) is 3.63 Å². The Balaban J connectivity index is 2.13. The number of benzene rings is 2. The van der Waals surface area contributed by atoms with E-state index in [1.165, 1.54) is 31.4 Å². The molecule has 36 heavy (non-hydrogen) atoms. The molecule has 0 bridgehead atoms. The predicted octanol–water partition coefficient (Wildman–Crippen LogP) is 6.08. The fourth-order valence-corrected chi connectivity index (χ4v) is 9.56. The van der Waals surface area contributed by atoms with Crippen molar-refractivity contribution in [1.82, 2.24) is 0 Å². The van der Waals surface area contributed by atoms with Crippen LogP contribution >= 0.6 is 10.3 Å². The lowest BCUT2D eigenvalue weighted by molar-refractivity contribution is -0.382. The zero-order valence-corrected chi connectivity index (χ0v) is 19.8. The summed E-state index contributed by atoms with van der Waals surface area (Å²) in [7, 11) is -9.36. The number of rotatable bonds is 9. The van der Waals surface area contributed by atoms with Crippen LogP contribution in [0.5, 0.6) is 0 Å². The number of alkyl halides is 9. The molecule has 1 heterocycles. The Morgan fingerprint density at radius 2 is 1.53 bits per heavy atom. The molecule has 1 aliphatic rings. The summed E-state index contributed by atoms with van der Waals surface area (Å²) >= 11 is 0.